The number of aromatic nitrogens is 1. The Labute approximate surface area is 245 Å². The zero-order chi connectivity index (χ0) is 29.3. The first kappa shape index (κ1) is 27.6. The Morgan fingerprint density at radius 2 is 1.52 bits per heavy atom. The molecule has 6 heteroatoms. The van der Waals surface area contributed by atoms with Gasteiger partial charge in [-0.3, -0.25) is 9.59 Å². The molecule has 2 heterocycles. The normalized spacial score (nSPS) is 16.4. The van der Waals surface area contributed by atoms with Gasteiger partial charge in [0.05, 0.1) is 6.61 Å². The number of allylic oxidation sites excluding steroid dienone is 1. The van der Waals surface area contributed by atoms with Gasteiger partial charge < -0.3 is 18.8 Å². The van der Waals surface area contributed by atoms with Crippen molar-refractivity contribution in [3.05, 3.63) is 119 Å². The molecule has 6 rings (SSSR count). The van der Waals surface area contributed by atoms with Gasteiger partial charge in [0.2, 0.25) is 0 Å². The van der Waals surface area contributed by atoms with Crippen molar-refractivity contribution in [1.29, 1.82) is 0 Å². The second kappa shape index (κ2) is 11.4. The highest BCUT2D eigenvalue weighted by Crippen LogP contribution is 2.32. The minimum atomic E-state index is -0.592. The summed E-state index contributed by atoms with van der Waals surface area (Å²) < 4.78 is 19.4. The summed E-state index contributed by atoms with van der Waals surface area (Å²) in [5.74, 6) is -0.0675. The van der Waals surface area contributed by atoms with Crippen LogP contribution in [-0.4, -0.2) is 41.2 Å². The molecule has 1 saturated heterocycles. The highest BCUT2D eigenvalue weighted by atomic mass is 16.7. The summed E-state index contributed by atoms with van der Waals surface area (Å²) >= 11 is 0. The number of hydrogen-bond acceptors (Lipinski definition) is 5. The van der Waals surface area contributed by atoms with Crippen LogP contribution >= 0.6 is 0 Å². The lowest BCUT2D eigenvalue weighted by molar-refractivity contribution is -0.141. The fourth-order valence-corrected chi connectivity index (χ4v) is 5.48. The molecule has 1 aliphatic heterocycles. The highest BCUT2D eigenvalue weighted by Gasteiger charge is 2.33. The molecule has 0 radical (unpaired) electrons. The van der Waals surface area contributed by atoms with Gasteiger partial charge in [-0.1, -0.05) is 36.4 Å². The highest BCUT2D eigenvalue weighted by molar-refractivity contribution is 6.16. The Morgan fingerprint density at radius 3 is 2.17 bits per heavy atom. The van der Waals surface area contributed by atoms with E-state index >= 15 is 0 Å². The van der Waals surface area contributed by atoms with Crippen LogP contribution in [0.1, 0.15) is 52.6 Å². The van der Waals surface area contributed by atoms with Crippen LogP contribution < -0.4 is 4.74 Å². The fraction of sp³-hybridized carbons (Fsp3) is 0.222. The quantitative estimate of drug-likeness (QED) is 0.138. The van der Waals surface area contributed by atoms with Crippen molar-refractivity contribution in [2.24, 2.45) is 0 Å². The molecule has 1 atom stereocenters. The predicted molar refractivity (Wildman–Crippen MR) is 165 cm³/mol. The third kappa shape index (κ3) is 5.64. The van der Waals surface area contributed by atoms with Crippen LogP contribution in [0.4, 0.5) is 0 Å². The standard InChI is InChI=1S/C36H33NO5/c1-4-37-32-17-13-26(34(38)19-10-24-8-6-5-7-9-24)20-30(32)31-21-27(14-18-33(31)37)35(39)25-11-15-28(16-12-25)40-22-29-23-41-36(2,3)42-29/h5-21,29H,4,22-23H2,1-3H3. The average Bonchev–Trinajstić information content (AvgIpc) is 3.54. The van der Waals surface area contributed by atoms with Crippen molar-refractivity contribution < 1.29 is 23.8 Å². The molecule has 0 N–H and O–H groups in total. The summed E-state index contributed by atoms with van der Waals surface area (Å²) in [6, 6.07) is 28.5. The molecule has 4 aromatic carbocycles. The van der Waals surface area contributed by atoms with Gasteiger partial charge in [-0.15, -0.1) is 0 Å². The lowest BCUT2D eigenvalue weighted by Gasteiger charge is -2.17. The van der Waals surface area contributed by atoms with Gasteiger partial charge in [0.25, 0.3) is 0 Å². The van der Waals surface area contributed by atoms with E-state index in [-0.39, 0.29) is 17.7 Å². The van der Waals surface area contributed by atoms with Crippen molar-refractivity contribution in [2.45, 2.75) is 39.2 Å². The number of fused-ring (bicyclic) bond motifs is 3. The van der Waals surface area contributed by atoms with Gasteiger partial charge in [0.15, 0.2) is 17.4 Å². The molecule has 1 fully saturated rings. The maximum Gasteiger partial charge on any atom is 0.193 e. The summed E-state index contributed by atoms with van der Waals surface area (Å²) in [4.78, 5) is 26.5. The van der Waals surface area contributed by atoms with Crippen molar-refractivity contribution in [3.8, 4) is 5.75 Å². The predicted octanol–water partition coefficient (Wildman–Crippen LogP) is 7.47. The zero-order valence-corrected chi connectivity index (χ0v) is 24.0. The Balaban J connectivity index is 1.25. The summed E-state index contributed by atoms with van der Waals surface area (Å²) in [7, 11) is 0. The van der Waals surface area contributed by atoms with Gasteiger partial charge >= 0.3 is 0 Å². The number of ether oxygens (including phenoxy) is 3. The number of carbonyl (C=O) groups is 2. The molecule has 5 aromatic rings. The van der Waals surface area contributed by atoms with E-state index in [9.17, 15) is 9.59 Å². The maximum absolute atomic E-state index is 13.5. The molecular formula is C36H33NO5. The van der Waals surface area contributed by atoms with Crippen LogP contribution in [0.2, 0.25) is 0 Å². The SMILES string of the molecule is CCn1c2ccc(C(=O)C=Cc3ccccc3)cc2c2cc(C(=O)c3ccc(OCC4COC(C)(C)O4)cc3)ccc21. The van der Waals surface area contributed by atoms with E-state index < -0.39 is 5.79 Å². The maximum atomic E-state index is 13.5. The smallest absolute Gasteiger partial charge is 0.193 e. The van der Waals surface area contributed by atoms with Crippen molar-refractivity contribution >= 4 is 39.4 Å². The van der Waals surface area contributed by atoms with Crippen LogP contribution in [0, 0.1) is 0 Å². The summed E-state index contributed by atoms with van der Waals surface area (Å²) in [5.41, 5.74) is 4.80. The van der Waals surface area contributed by atoms with E-state index in [1.807, 2.05) is 86.7 Å². The van der Waals surface area contributed by atoms with Crippen LogP contribution in [-0.2, 0) is 16.0 Å². The lowest BCUT2D eigenvalue weighted by Crippen LogP contribution is -2.25. The van der Waals surface area contributed by atoms with Gasteiger partial charge in [0, 0.05) is 45.0 Å². The third-order valence-electron chi connectivity index (χ3n) is 7.57. The molecule has 6 nitrogen and oxygen atoms in total. The molecule has 1 aliphatic rings. The molecule has 0 saturated carbocycles. The largest absolute Gasteiger partial charge is 0.491 e. The third-order valence-corrected chi connectivity index (χ3v) is 7.57. The number of carbonyl (C=O) groups excluding carboxylic acids is 2. The number of rotatable bonds is 9. The number of benzene rings is 4. The molecule has 212 valence electrons. The second-order valence-corrected chi connectivity index (χ2v) is 10.9. The van der Waals surface area contributed by atoms with E-state index in [1.165, 1.54) is 0 Å². The number of hydrogen-bond donors (Lipinski definition) is 0. The molecule has 42 heavy (non-hydrogen) atoms. The minimum absolute atomic E-state index is 0.0663. The molecule has 1 unspecified atom stereocenters. The number of aryl methyl sites for hydroxylation is 1. The Bertz CT molecular complexity index is 1800. The Kier molecular flexibility index (Phi) is 7.50. The summed E-state index contributed by atoms with van der Waals surface area (Å²) in [6.45, 7) is 7.49. The number of nitrogens with zero attached hydrogens (tertiary/aromatic N) is 1. The summed E-state index contributed by atoms with van der Waals surface area (Å²) in [6.07, 6.45) is 3.30. The summed E-state index contributed by atoms with van der Waals surface area (Å²) in [5, 5.41) is 1.89. The van der Waals surface area contributed by atoms with Crippen molar-refractivity contribution in [3.63, 3.8) is 0 Å². The van der Waals surface area contributed by atoms with Crippen LogP contribution in [0.15, 0.2) is 97.1 Å². The Hall–Kier alpha value is -4.52. The monoisotopic (exact) mass is 559 g/mol. The molecule has 0 bridgehead atoms. The van der Waals surface area contributed by atoms with Crippen LogP contribution in [0.5, 0.6) is 5.75 Å². The van der Waals surface area contributed by atoms with E-state index in [1.54, 1.807) is 30.3 Å². The van der Waals surface area contributed by atoms with Gasteiger partial charge in [-0.2, -0.15) is 0 Å². The second-order valence-electron chi connectivity index (χ2n) is 10.9. The average molecular weight is 560 g/mol. The van der Waals surface area contributed by atoms with Gasteiger partial charge in [0.1, 0.15) is 18.5 Å². The molecule has 0 amide bonds. The first-order chi connectivity index (χ1) is 20.3. The van der Waals surface area contributed by atoms with E-state index in [2.05, 4.69) is 11.5 Å². The lowest BCUT2D eigenvalue weighted by atomic mass is 10.00. The van der Waals surface area contributed by atoms with Crippen molar-refractivity contribution in [1.82, 2.24) is 4.57 Å². The van der Waals surface area contributed by atoms with E-state index in [4.69, 9.17) is 14.2 Å². The first-order valence-corrected chi connectivity index (χ1v) is 14.2. The van der Waals surface area contributed by atoms with Crippen LogP contribution in [0.25, 0.3) is 27.9 Å². The zero-order valence-electron chi connectivity index (χ0n) is 24.0. The van der Waals surface area contributed by atoms with Crippen molar-refractivity contribution in [2.75, 3.05) is 13.2 Å². The number of ketones is 2. The van der Waals surface area contributed by atoms with Gasteiger partial charge in [-0.05, 0) is 93.1 Å². The van der Waals surface area contributed by atoms with E-state index in [0.717, 1.165) is 33.9 Å². The first-order valence-electron chi connectivity index (χ1n) is 14.2. The fourth-order valence-electron chi connectivity index (χ4n) is 5.48. The topological polar surface area (TPSA) is 66.8 Å². The minimum Gasteiger partial charge on any atom is -0.491 e. The van der Waals surface area contributed by atoms with E-state index in [0.29, 0.717) is 35.7 Å². The molecule has 1 aromatic heterocycles. The molecule has 0 spiro atoms. The van der Waals surface area contributed by atoms with Gasteiger partial charge in [-0.25, -0.2) is 0 Å². The Morgan fingerprint density at radius 1 is 0.881 bits per heavy atom. The molecule has 0 aliphatic carbocycles. The molecular weight excluding hydrogens is 526 g/mol. The van der Waals surface area contributed by atoms with Crippen LogP contribution in [0.3, 0.4) is 0 Å².